The van der Waals surface area contributed by atoms with Crippen molar-refractivity contribution in [2.45, 2.75) is 32.7 Å². The van der Waals surface area contributed by atoms with E-state index in [0.717, 1.165) is 30.8 Å². The van der Waals surface area contributed by atoms with Crippen LogP contribution >= 0.6 is 0 Å². The molecule has 1 saturated heterocycles. The van der Waals surface area contributed by atoms with Crippen LogP contribution in [0.5, 0.6) is 0 Å². The van der Waals surface area contributed by atoms with Crippen LogP contribution in [0.4, 0.5) is 5.69 Å². The number of anilines is 1. The summed E-state index contributed by atoms with van der Waals surface area (Å²) in [5.74, 6) is -0.419. The van der Waals surface area contributed by atoms with Gasteiger partial charge in [-0.25, -0.2) is 0 Å². The first-order chi connectivity index (χ1) is 8.54. The highest BCUT2D eigenvalue weighted by molar-refractivity contribution is 5.99. The van der Waals surface area contributed by atoms with Crippen LogP contribution in [0.2, 0.25) is 0 Å². The van der Waals surface area contributed by atoms with Crippen molar-refractivity contribution in [1.82, 2.24) is 4.98 Å². The summed E-state index contributed by atoms with van der Waals surface area (Å²) in [4.78, 5) is 18.1. The van der Waals surface area contributed by atoms with E-state index in [1.54, 1.807) is 0 Å². The average molecular weight is 248 g/mol. The van der Waals surface area contributed by atoms with E-state index in [4.69, 9.17) is 11.5 Å². The quantitative estimate of drug-likeness (QED) is 0.825. The van der Waals surface area contributed by atoms with Crippen LogP contribution in [-0.2, 0) is 0 Å². The molecule has 1 atom stereocenters. The molecule has 1 aliphatic heterocycles. The molecule has 5 heteroatoms. The van der Waals surface area contributed by atoms with Gasteiger partial charge in [0.25, 0.3) is 5.91 Å². The second kappa shape index (κ2) is 4.94. The number of carbonyl (C=O) groups is 1. The number of amides is 1. The SMILES string of the molecule is Cc1cc(N2CCCC2CN)c(C(N)=O)c(C)n1. The van der Waals surface area contributed by atoms with Gasteiger partial charge in [-0.1, -0.05) is 0 Å². The van der Waals surface area contributed by atoms with Gasteiger partial charge in [0.2, 0.25) is 0 Å². The summed E-state index contributed by atoms with van der Waals surface area (Å²) in [6.45, 7) is 5.27. The van der Waals surface area contributed by atoms with Crippen molar-refractivity contribution in [2.75, 3.05) is 18.0 Å². The van der Waals surface area contributed by atoms with Crippen LogP contribution in [0, 0.1) is 13.8 Å². The first-order valence-electron chi connectivity index (χ1n) is 6.29. The molecule has 0 bridgehead atoms. The van der Waals surface area contributed by atoms with Crippen molar-refractivity contribution in [3.63, 3.8) is 0 Å². The van der Waals surface area contributed by atoms with E-state index in [9.17, 15) is 4.79 Å². The van der Waals surface area contributed by atoms with Crippen LogP contribution in [0.3, 0.4) is 0 Å². The molecule has 4 N–H and O–H groups in total. The summed E-state index contributed by atoms with van der Waals surface area (Å²) >= 11 is 0. The summed E-state index contributed by atoms with van der Waals surface area (Å²) in [6, 6.07) is 2.23. The van der Waals surface area contributed by atoms with Crippen molar-refractivity contribution < 1.29 is 4.79 Å². The highest BCUT2D eigenvalue weighted by Gasteiger charge is 2.27. The van der Waals surface area contributed by atoms with E-state index >= 15 is 0 Å². The van der Waals surface area contributed by atoms with Gasteiger partial charge in [0, 0.05) is 24.8 Å². The lowest BCUT2D eigenvalue weighted by molar-refractivity contribution is 0.0999. The largest absolute Gasteiger partial charge is 0.367 e. The summed E-state index contributed by atoms with van der Waals surface area (Å²) in [7, 11) is 0. The highest BCUT2D eigenvalue weighted by atomic mass is 16.1. The zero-order valence-corrected chi connectivity index (χ0v) is 10.9. The zero-order chi connectivity index (χ0) is 13.3. The molecule has 1 amide bonds. The second-order valence-electron chi connectivity index (χ2n) is 4.83. The molecule has 98 valence electrons. The molecular formula is C13H20N4O. The fourth-order valence-corrected chi connectivity index (χ4v) is 2.74. The Morgan fingerprint density at radius 1 is 1.56 bits per heavy atom. The summed E-state index contributed by atoms with van der Waals surface area (Å²) < 4.78 is 0. The number of nitrogens with zero attached hydrogens (tertiary/aromatic N) is 2. The number of nitrogens with two attached hydrogens (primary N) is 2. The van der Waals surface area contributed by atoms with E-state index < -0.39 is 5.91 Å². The van der Waals surface area contributed by atoms with Crippen LogP contribution in [0.15, 0.2) is 6.07 Å². The van der Waals surface area contributed by atoms with Crippen LogP contribution in [-0.4, -0.2) is 30.0 Å². The van der Waals surface area contributed by atoms with Gasteiger partial charge in [-0.15, -0.1) is 0 Å². The molecule has 1 fully saturated rings. The predicted molar refractivity (Wildman–Crippen MR) is 71.7 cm³/mol. The molecule has 0 aromatic carbocycles. The average Bonchev–Trinajstić information content (AvgIpc) is 2.74. The maximum atomic E-state index is 11.6. The summed E-state index contributed by atoms with van der Waals surface area (Å²) in [5.41, 5.74) is 14.3. The predicted octanol–water partition coefficient (Wildman–Crippen LogP) is 0.725. The molecule has 1 aromatic heterocycles. The van der Waals surface area contributed by atoms with Gasteiger partial charge in [-0.05, 0) is 32.8 Å². The maximum absolute atomic E-state index is 11.6. The minimum atomic E-state index is -0.419. The fraction of sp³-hybridized carbons (Fsp3) is 0.538. The molecule has 2 rings (SSSR count). The standard InChI is InChI=1S/C13H20N4O/c1-8-6-11(12(13(15)18)9(2)16-8)17-5-3-4-10(17)7-14/h6,10H,3-5,7,14H2,1-2H3,(H2,15,18). The topological polar surface area (TPSA) is 85.2 Å². The van der Waals surface area contributed by atoms with E-state index in [2.05, 4.69) is 9.88 Å². The van der Waals surface area contributed by atoms with E-state index in [1.807, 2.05) is 19.9 Å². The Labute approximate surface area is 107 Å². The van der Waals surface area contributed by atoms with E-state index in [1.165, 1.54) is 0 Å². The van der Waals surface area contributed by atoms with Crippen LogP contribution < -0.4 is 16.4 Å². The van der Waals surface area contributed by atoms with Crippen molar-refractivity contribution in [1.29, 1.82) is 0 Å². The molecule has 0 spiro atoms. The van der Waals surface area contributed by atoms with Gasteiger partial charge >= 0.3 is 0 Å². The molecular weight excluding hydrogens is 228 g/mol. The Balaban J connectivity index is 2.51. The Morgan fingerprint density at radius 2 is 2.28 bits per heavy atom. The number of aromatic nitrogens is 1. The lowest BCUT2D eigenvalue weighted by Gasteiger charge is -2.28. The van der Waals surface area contributed by atoms with Crippen LogP contribution in [0.25, 0.3) is 0 Å². The van der Waals surface area contributed by atoms with Crippen molar-refractivity contribution in [2.24, 2.45) is 11.5 Å². The fourth-order valence-electron chi connectivity index (χ4n) is 2.74. The van der Waals surface area contributed by atoms with Crippen molar-refractivity contribution in [3.05, 3.63) is 23.0 Å². The first kappa shape index (κ1) is 12.8. The highest BCUT2D eigenvalue weighted by Crippen LogP contribution is 2.30. The molecule has 0 radical (unpaired) electrons. The normalized spacial score (nSPS) is 19.3. The Morgan fingerprint density at radius 3 is 2.89 bits per heavy atom. The second-order valence-corrected chi connectivity index (χ2v) is 4.83. The smallest absolute Gasteiger partial charge is 0.252 e. The van der Waals surface area contributed by atoms with Gasteiger partial charge < -0.3 is 16.4 Å². The minimum absolute atomic E-state index is 0.296. The molecule has 18 heavy (non-hydrogen) atoms. The number of primary amides is 1. The number of rotatable bonds is 3. The van der Waals surface area contributed by atoms with Gasteiger partial charge in [0.05, 0.1) is 16.9 Å². The molecule has 0 saturated carbocycles. The number of pyridine rings is 1. The summed E-state index contributed by atoms with van der Waals surface area (Å²) in [6.07, 6.45) is 2.16. The van der Waals surface area contributed by atoms with Gasteiger partial charge in [-0.2, -0.15) is 0 Å². The zero-order valence-electron chi connectivity index (χ0n) is 10.9. The molecule has 2 heterocycles. The van der Waals surface area contributed by atoms with Crippen molar-refractivity contribution >= 4 is 11.6 Å². The number of hydrogen-bond acceptors (Lipinski definition) is 4. The third-order valence-corrected chi connectivity index (χ3v) is 3.51. The third kappa shape index (κ3) is 2.18. The Hall–Kier alpha value is -1.62. The monoisotopic (exact) mass is 248 g/mol. The lowest BCUT2D eigenvalue weighted by atomic mass is 10.1. The number of hydrogen-bond donors (Lipinski definition) is 2. The third-order valence-electron chi connectivity index (χ3n) is 3.51. The van der Waals surface area contributed by atoms with E-state index in [-0.39, 0.29) is 0 Å². The summed E-state index contributed by atoms with van der Waals surface area (Å²) in [5, 5.41) is 0. The number of carbonyl (C=O) groups excluding carboxylic acids is 1. The van der Waals surface area contributed by atoms with Gasteiger partial charge in [-0.3, -0.25) is 9.78 Å². The molecule has 1 unspecified atom stereocenters. The minimum Gasteiger partial charge on any atom is -0.367 e. The molecule has 1 aliphatic rings. The Bertz CT molecular complexity index is 472. The van der Waals surface area contributed by atoms with Gasteiger partial charge in [0.1, 0.15) is 0 Å². The van der Waals surface area contributed by atoms with E-state index in [0.29, 0.717) is 23.8 Å². The molecule has 1 aromatic rings. The van der Waals surface area contributed by atoms with Crippen molar-refractivity contribution in [3.8, 4) is 0 Å². The maximum Gasteiger partial charge on any atom is 0.252 e. The number of aryl methyl sites for hydroxylation is 2. The Kier molecular flexibility index (Phi) is 3.52. The molecule has 0 aliphatic carbocycles. The van der Waals surface area contributed by atoms with Gasteiger partial charge in [0.15, 0.2) is 0 Å². The molecule has 5 nitrogen and oxygen atoms in total. The first-order valence-corrected chi connectivity index (χ1v) is 6.29. The lowest BCUT2D eigenvalue weighted by Crippen LogP contribution is -2.37. The van der Waals surface area contributed by atoms with Crippen LogP contribution in [0.1, 0.15) is 34.6 Å².